The molecule has 1 aromatic heterocycles. The Bertz CT molecular complexity index is 561. The number of likely N-dealkylation sites (N-methyl/N-ethyl adjacent to an activating group) is 1. The SMILES string of the molecule is CN(Cc1cccc2cccnc12)CC1CNCCO1. The summed E-state index contributed by atoms with van der Waals surface area (Å²) in [6, 6.07) is 10.5. The first kappa shape index (κ1) is 13.5. The molecule has 2 heterocycles. The van der Waals surface area contributed by atoms with E-state index in [2.05, 4.69) is 46.5 Å². The molecular weight excluding hydrogens is 250 g/mol. The van der Waals surface area contributed by atoms with Crippen molar-refractivity contribution in [1.29, 1.82) is 0 Å². The predicted molar refractivity (Wildman–Crippen MR) is 80.7 cm³/mol. The van der Waals surface area contributed by atoms with Crippen LogP contribution in [0.15, 0.2) is 36.5 Å². The number of hydrogen-bond donors (Lipinski definition) is 1. The van der Waals surface area contributed by atoms with Crippen LogP contribution in [0.4, 0.5) is 0 Å². The van der Waals surface area contributed by atoms with Gasteiger partial charge in [-0.2, -0.15) is 0 Å². The molecule has 1 aliphatic heterocycles. The van der Waals surface area contributed by atoms with Crippen molar-refractivity contribution in [3.63, 3.8) is 0 Å². The number of fused-ring (bicyclic) bond motifs is 1. The van der Waals surface area contributed by atoms with Gasteiger partial charge in [-0.1, -0.05) is 24.3 Å². The molecule has 20 heavy (non-hydrogen) atoms. The highest BCUT2D eigenvalue weighted by atomic mass is 16.5. The largest absolute Gasteiger partial charge is 0.374 e. The Balaban J connectivity index is 1.69. The van der Waals surface area contributed by atoms with Gasteiger partial charge in [0.2, 0.25) is 0 Å². The molecule has 1 atom stereocenters. The minimum atomic E-state index is 0.289. The topological polar surface area (TPSA) is 37.4 Å². The molecule has 0 spiro atoms. The van der Waals surface area contributed by atoms with Crippen molar-refractivity contribution >= 4 is 10.9 Å². The van der Waals surface area contributed by atoms with Gasteiger partial charge in [0.1, 0.15) is 0 Å². The predicted octanol–water partition coefficient (Wildman–Crippen LogP) is 1.66. The highest BCUT2D eigenvalue weighted by molar-refractivity contribution is 5.81. The number of para-hydroxylation sites is 1. The number of benzene rings is 1. The number of aromatic nitrogens is 1. The van der Waals surface area contributed by atoms with Crippen LogP contribution in [0.5, 0.6) is 0 Å². The van der Waals surface area contributed by atoms with Crippen molar-refractivity contribution in [2.24, 2.45) is 0 Å². The summed E-state index contributed by atoms with van der Waals surface area (Å²) in [5, 5.41) is 4.57. The normalized spacial score (nSPS) is 19.6. The van der Waals surface area contributed by atoms with Crippen LogP contribution in [-0.2, 0) is 11.3 Å². The zero-order valence-corrected chi connectivity index (χ0v) is 11.9. The lowest BCUT2D eigenvalue weighted by atomic mass is 10.1. The summed E-state index contributed by atoms with van der Waals surface area (Å²) in [6.07, 6.45) is 2.15. The Morgan fingerprint density at radius 1 is 1.35 bits per heavy atom. The second-order valence-electron chi connectivity index (χ2n) is 5.39. The molecule has 1 aromatic carbocycles. The Morgan fingerprint density at radius 3 is 3.10 bits per heavy atom. The number of pyridine rings is 1. The standard InChI is InChI=1S/C16H21N3O/c1-19(12-15-10-17-8-9-20-15)11-14-5-2-4-13-6-3-7-18-16(13)14/h2-7,15,17H,8-12H2,1H3. The van der Waals surface area contributed by atoms with E-state index in [4.69, 9.17) is 4.74 Å². The Morgan fingerprint density at radius 2 is 2.25 bits per heavy atom. The molecule has 0 bridgehead atoms. The molecule has 1 fully saturated rings. The van der Waals surface area contributed by atoms with Gasteiger partial charge in [0.25, 0.3) is 0 Å². The van der Waals surface area contributed by atoms with Gasteiger partial charge in [0.05, 0.1) is 18.2 Å². The van der Waals surface area contributed by atoms with E-state index in [1.165, 1.54) is 10.9 Å². The van der Waals surface area contributed by atoms with Gasteiger partial charge in [-0.05, 0) is 18.7 Å². The molecule has 106 valence electrons. The number of ether oxygens (including phenoxy) is 1. The number of rotatable bonds is 4. The van der Waals surface area contributed by atoms with Gasteiger partial charge in [-0.15, -0.1) is 0 Å². The van der Waals surface area contributed by atoms with Crippen molar-refractivity contribution in [2.75, 3.05) is 33.3 Å². The van der Waals surface area contributed by atoms with Gasteiger partial charge in [-0.3, -0.25) is 9.88 Å². The van der Waals surface area contributed by atoms with Crippen LogP contribution in [0, 0.1) is 0 Å². The maximum atomic E-state index is 5.75. The Hall–Kier alpha value is -1.49. The summed E-state index contributed by atoms with van der Waals surface area (Å²) >= 11 is 0. The van der Waals surface area contributed by atoms with Gasteiger partial charge in [0.15, 0.2) is 0 Å². The minimum Gasteiger partial charge on any atom is -0.374 e. The van der Waals surface area contributed by atoms with Crippen molar-refractivity contribution in [1.82, 2.24) is 15.2 Å². The van der Waals surface area contributed by atoms with Crippen LogP contribution < -0.4 is 5.32 Å². The van der Waals surface area contributed by atoms with E-state index in [-0.39, 0.29) is 6.10 Å². The van der Waals surface area contributed by atoms with E-state index in [0.29, 0.717) is 0 Å². The molecule has 1 N–H and O–H groups in total. The molecule has 0 amide bonds. The third kappa shape index (κ3) is 3.15. The lowest BCUT2D eigenvalue weighted by molar-refractivity contribution is 0.00890. The summed E-state index contributed by atoms with van der Waals surface area (Å²) in [5.74, 6) is 0. The molecule has 1 unspecified atom stereocenters. The molecular formula is C16H21N3O. The van der Waals surface area contributed by atoms with Crippen molar-refractivity contribution in [3.05, 3.63) is 42.1 Å². The van der Waals surface area contributed by atoms with Crippen LogP contribution in [0.2, 0.25) is 0 Å². The van der Waals surface area contributed by atoms with E-state index in [9.17, 15) is 0 Å². The lowest BCUT2D eigenvalue weighted by Crippen LogP contribution is -2.44. The molecule has 4 nitrogen and oxygen atoms in total. The summed E-state index contributed by atoms with van der Waals surface area (Å²) in [5.41, 5.74) is 2.37. The van der Waals surface area contributed by atoms with E-state index in [0.717, 1.165) is 38.3 Å². The van der Waals surface area contributed by atoms with Crippen LogP contribution in [0.3, 0.4) is 0 Å². The maximum absolute atomic E-state index is 5.75. The molecule has 1 saturated heterocycles. The first-order chi connectivity index (χ1) is 9.83. The third-order valence-electron chi connectivity index (χ3n) is 3.68. The molecule has 0 saturated carbocycles. The van der Waals surface area contributed by atoms with E-state index < -0.39 is 0 Å². The summed E-state index contributed by atoms with van der Waals surface area (Å²) < 4.78 is 5.75. The quantitative estimate of drug-likeness (QED) is 0.917. The fraction of sp³-hybridized carbons (Fsp3) is 0.438. The van der Waals surface area contributed by atoms with Gasteiger partial charge in [-0.25, -0.2) is 0 Å². The lowest BCUT2D eigenvalue weighted by Gasteiger charge is -2.28. The number of nitrogens with one attached hydrogen (secondary N) is 1. The maximum Gasteiger partial charge on any atom is 0.0826 e. The monoisotopic (exact) mass is 271 g/mol. The second kappa shape index (κ2) is 6.31. The van der Waals surface area contributed by atoms with E-state index in [1.54, 1.807) is 0 Å². The Kier molecular flexibility index (Phi) is 4.25. The minimum absolute atomic E-state index is 0.289. The number of hydrogen-bond acceptors (Lipinski definition) is 4. The summed E-state index contributed by atoms with van der Waals surface area (Å²) in [4.78, 5) is 6.82. The van der Waals surface area contributed by atoms with Crippen LogP contribution in [-0.4, -0.2) is 49.3 Å². The second-order valence-corrected chi connectivity index (χ2v) is 5.39. The summed E-state index contributed by atoms with van der Waals surface area (Å²) in [7, 11) is 2.14. The molecule has 1 aliphatic rings. The smallest absolute Gasteiger partial charge is 0.0826 e. The van der Waals surface area contributed by atoms with Crippen molar-refractivity contribution in [2.45, 2.75) is 12.6 Å². The van der Waals surface area contributed by atoms with Crippen LogP contribution in [0.1, 0.15) is 5.56 Å². The fourth-order valence-electron chi connectivity index (χ4n) is 2.73. The first-order valence-corrected chi connectivity index (χ1v) is 7.16. The van der Waals surface area contributed by atoms with E-state index in [1.807, 2.05) is 12.3 Å². The third-order valence-corrected chi connectivity index (χ3v) is 3.68. The molecule has 0 aliphatic carbocycles. The zero-order chi connectivity index (χ0) is 13.8. The highest BCUT2D eigenvalue weighted by Crippen LogP contribution is 2.17. The number of morpholine rings is 1. The summed E-state index contributed by atoms with van der Waals surface area (Å²) in [6.45, 7) is 4.56. The van der Waals surface area contributed by atoms with Gasteiger partial charge in [0, 0.05) is 37.8 Å². The first-order valence-electron chi connectivity index (χ1n) is 7.16. The fourth-order valence-corrected chi connectivity index (χ4v) is 2.73. The average Bonchev–Trinajstić information content (AvgIpc) is 2.48. The highest BCUT2D eigenvalue weighted by Gasteiger charge is 2.16. The Labute approximate surface area is 119 Å². The average molecular weight is 271 g/mol. The van der Waals surface area contributed by atoms with Gasteiger partial charge < -0.3 is 10.1 Å². The number of nitrogens with zero attached hydrogens (tertiary/aromatic N) is 2. The van der Waals surface area contributed by atoms with Crippen molar-refractivity contribution < 1.29 is 4.74 Å². The zero-order valence-electron chi connectivity index (χ0n) is 11.9. The van der Waals surface area contributed by atoms with Crippen LogP contribution >= 0.6 is 0 Å². The van der Waals surface area contributed by atoms with E-state index >= 15 is 0 Å². The molecule has 0 radical (unpaired) electrons. The molecule has 2 aromatic rings. The van der Waals surface area contributed by atoms with Crippen molar-refractivity contribution in [3.8, 4) is 0 Å². The van der Waals surface area contributed by atoms with Gasteiger partial charge >= 0.3 is 0 Å². The molecule has 4 heteroatoms. The van der Waals surface area contributed by atoms with Crippen LogP contribution in [0.25, 0.3) is 10.9 Å². The molecule has 3 rings (SSSR count).